The van der Waals surface area contributed by atoms with Crippen molar-refractivity contribution in [2.24, 2.45) is 5.92 Å². The molecule has 1 atom stereocenters. The van der Waals surface area contributed by atoms with E-state index in [2.05, 4.69) is 73.0 Å². The molecule has 0 bridgehead atoms. The molecule has 3 aromatic carbocycles. The Morgan fingerprint density at radius 3 is 2.33 bits per heavy atom. The first-order valence-corrected chi connectivity index (χ1v) is 12.4. The van der Waals surface area contributed by atoms with Crippen LogP contribution in [0.1, 0.15) is 49.3 Å². The standard InChI is InChI=1S/C29H31ClN2O/c1-20-9-8-10-21(2)28(20)33-19-27(22-11-4-3-5-12-22)32-26-14-7-6-13-25(26)31-29(32)23-15-17-24(30)18-16-23/h6-10,13-18,22,27H,3-5,11-12,19H2,1-2H3. The molecular weight excluding hydrogens is 428 g/mol. The van der Waals surface area contributed by atoms with Crippen LogP contribution in [0.15, 0.2) is 66.7 Å². The van der Waals surface area contributed by atoms with Crippen molar-refractivity contribution >= 4 is 22.6 Å². The number of para-hydroxylation sites is 3. The molecule has 1 heterocycles. The van der Waals surface area contributed by atoms with Crippen LogP contribution >= 0.6 is 11.6 Å². The molecule has 0 saturated heterocycles. The summed E-state index contributed by atoms with van der Waals surface area (Å²) in [5.74, 6) is 2.57. The summed E-state index contributed by atoms with van der Waals surface area (Å²) in [6.07, 6.45) is 6.36. The molecule has 0 amide bonds. The zero-order valence-corrected chi connectivity index (χ0v) is 20.2. The molecule has 0 N–H and O–H groups in total. The van der Waals surface area contributed by atoms with Crippen molar-refractivity contribution in [3.8, 4) is 17.1 Å². The van der Waals surface area contributed by atoms with Gasteiger partial charge in [0.25, 0.3) is 0 Å². The summed E-state index contributed by atoms with van der Waals surface area (Å²) in [4.78, 5) is 5.08. The molecule has 0 radical (unpaired) electrons. The maximum Gasteiger partial charge on any atom is 0.141 e. The van der Waals surface area contributed by atoms with Crippen molar-refractivity contribution < 1.29 is 4.74 Å². The number of aryl methyl sites for hydroxylation is 2. The number of hydrogen-bond donors (Lipinski definition) is 0. The summed E-state index contributed by atoms with van der Waals surface area (Å²) in [6.45, 7) is 4.89. The van der Waals surface area contributed by atoms with E-state index >= 15 is 0 Å². The van der Waals surface area contributed by atoms with Crippen LogP contribution in [0.3, 0.4) is 0 Å². The lowest BCUT2D eigenvalue weighted by Crippen LogP contribution is -2.28. The Balaban J connectivity index is 1.61. The lowest BCUT2D eigenvalue weighted by Gasteiger charge is -2.33. The van der Waals surface area contributed by atoms with Gasteiger partial charge in [-0.15, -0.1) is 0 Å². The Hall–Kier alpha value is -2.78. The van der Waals surface area contributed by atoms with Gasteiger partial charge in [-0.2, -0.15) is 0 Å². The SMILES string of the molecule is Cc1cccc(C)c1OCC(C1CCCCC1)n1c(-c2ccc(Cl)cc2)nc2ccccc21. The Morgan fingerprint density at radius 1 is 0.909 bits per heavy atom. The molecule has 1 aliphatic rings. The minimum absolute atomic E-state index is 0.211. The number of imidazole rings is 1. The third kappa shape index (κ3) is 4.52. The summed E-state index contributed by atoms with van der Waals surface area (Å²) in [6, 6.07) is 23.1. The highest BCUT2D eigenvalue weighted by molar-refractivity contribution is 6.30. The van der Waals surface area contributed by atoms with Crippen LogP contribution in [0, 0.1) is 19.8 Å². The number of nitrogens with zero attached hydrogens (tertiary/aromatic N) is 2. The number of halogens is 1. The molecule has 0 spiro atoms. The van der Waals surface area contributed by atoms with E-state index in [4.69, 9.17) is 21.3 Å². The maximum absolute atomic E-state index is 6.60. The monoisotopic (exact) mass is 458 g/mol. The Labute approximate surface area is 201 Å². The predicted molar refractivity (Wildman–Crippen MR) is 137 cm³/mol. The summed E-state index contributed by atoms with van der Waals surface area (Å²) in [7, 11) is 0. The number of rotatable bonds is 6. The van der Waals surface area contributed by atoms with E-state index in [-0.39, 0.29) is 6.04 Å². The van der Waals surface area contributed by atoms with Crippen molar-refractivity contribution in [2.75, 3.05) is 6.61 Å². The summed E-state index contributed by atoms with van der Waals surface area (Å²) >= 11 is 6.20. The van der Waals surface area contributed by atoms with Crippen LogP contribution in [0.4, 0.5) is 0 Å². The lowest BCUT2D eigenvalue weighted by molar-refractivity contribution is 0.169. The van der Waals surface area contributed by atoms with Gasteiger partial charge >= 0.3 is 0 Å². The highest BCUT2D eigenvalue weighted by atomic mass is 35.5. The molecule has 1 aromatic heterocycles. The molecule has 170 valence electrons. The second kappa shape index (κ2) is 9.61. The lowest BCUT2D eigenvalue weighted by atomic mass is 9.83. The van der Waals surface area contributed by atoms with Crippen molar-refractivity contribution in [1.29, 1.82) is 0 Å². The molecule has 1 aliphatic carbocycles. The van der Waals surface area contributed by atoms with Crippen LogP contribution in [0.25, 0.3) is 22.4 Å². The Bertz CT molecular complexity index is 1220. The van der Waals surface area contributed by atoms with Crippen molar-refractivity contribution in [3.63, 3.8) is 0 Å². The molecule has 1 saturated carbocycles. The minimum Gasteiger partial charge on any atom is -0.491 e. The van der Waals surface area contributed by atoms with E-state index in [9.17, 15) is 0 Å². The smallest absolute Gasteiger partial charge is 0.141 e. The second-order valence-electron chi connectivity index (χ2n) is 9.30. The maximum atomic E-state index is 6.60. The van der Waals surface area contributed by atoms with Crippen LogP contribution in [-0.4, -0.2) is 16.2 Å². The average Bonchev–Trinajstić information content (AvgIpc) is 3.21. The van der Waals surface area contributed by atoms with Gasteiger partial charge in [0, 0.05) is 10.6 Å². The molecule has 3 nitrogen and oxygen atoms in total. The quantitative estimate of drug-likeness (QED) is 0.291. The number of benzene rings is 3. The zero-order chi connectivity index (χ0) is 22.8. The molecule has 0 aliphatic heterocycles. The highest BCUT2D eigenvalue weighted by Gasteiger charge is 2.30. The Kier molecular flexibility index (Phi) is 6.41. The van der Waals surface area contributed by atoms with Crippen molar-refractivity contribution in [1.82, 2.24) is 9.55 Å². The third-order valence-corrected chi connectivity index (χ3v) is 7.28. The predicted octanol–water partition coefficient (Wildman–Crippen LogP) is 8.17. The summed E-state index contributed by atoms with van der Waals surface area (Å²) in [5.41, 5.74) is 5.65. The fourth-order valence-corrected chi connectivity index (χ4v) is 5.44. The minimum atomic E-state index is 0.211. The summed E-state index contributed by atoms with van der Waals surface area (Å²) in [5, 5.41) is 0.739. The molecule has 1 fully saturated rings. The molecule has 1 unspecified atom stereocenters. The van der Waals surface area contributed by atoms with Crippen molar-refractivity contribution in [3.05, 3.63) is 82.9 Å². The first kappa shape index (κ1) is 22.0. The number of ether oxygens (including phenoxy) is 1. The second-order valence-corrected chi connectivity index (χ2v) is 9.73. The van der Waals surface area contributed by atoms with Gasteiger partial charge in [0.2, 0.25) is 0 Å². The normalized spacial score (nSPS) is 15.6. The molecule has 33 heavy (non-hydrogen) atoms. The first-order valence-electron chi connectivity index (χ1n) is 12.0. The van der Waals surface area contributed by atoms with E-state index in [0.29, 0.717) is 12.5 Å². The van der Waals surface area contributed by atoms with Crippen molar-refractivity contribution in [2.45, 2.75) is 52.0 Å². The number of aromatic nitrogens is 2. The fourth-order valence-electron chi connectivity index (χ4n) is 5.32. The third-order valence-electron chi connectivity index (χ3n) is 7.03. The van der Waals surface area contributed by atoms with Gasteiger partial charge in [0.1, 0.15) is 18.2 Å². The van der Waals surface area contributed by atoms with Crippen LogP contribution in [0.5, 0.6) is 5.75 Å². The van der Waals surface area contributed by atoms with Gasteiger partial charge in [0.05, 0.1) is 17.1 Å². The summed E-state index contributed by atoms with van der Waals surface area (Å²) < 4.78 is 9.04. The van der Waals surface area contributed by atoms with Gasteiger partial charge in [-0.25, -0.2) is 4.98 Å². The van der Waals surface area contributed by atoms with Crippen LogP contribution in [0.2, 0.25) is 5.02 Å². The van der Waals surface area contributed by atoms with Crippen LogP contribution in [-0.2, 0) is 0 Å². The van der Waals surface area contributed by atoms with Crippen LogP contribution < -0.4 is 4.74 Å². The molecule has 5 rings (SSSR count). The number of hydrogen-bond acceptors (Lipinski definition) is 2. The molecule has 4 heteroatoms. The van der Waals surface area contributed by atoms with Gasteiger partial charge in [0.15, 0.2) is 0 Å². The van der Waals surface area contributed by atoms with Gasteiger partial charge in [-0.05, 0) is 80.1 Å². The van der Waals surface area contributed by atoms with E-state index in [0.717, 1.165) is 27.7 Å². The first-order chi connectivity index (χ1) is 16.1. The van der Waals surface area contributed by atoms with E-state index in [1.807, 2.05) is 12.1 Å². The molecular formula is C29H31ClN2O. The van der Waals surface area contributed by atoms with Gasteiger partial charge in [-0.1, -0.05) is 61.2 Å². The average molecular weight is 459 g/mol. The van der Waals surface area contributed by atoms with E-state index in [1.54, 1.807) is 0 Å². The van der Waals surface area contributed by atoms with Gasteiger partial charge < -0.3 is 9.30 Å². The number of fused-ring (bicyclic) bond motifs is 1. The molecule has 4 aromatic rings. The van der Waals surface area contributed by atoms with E-state index < -0.39 is 0 Å². The largest absolute Gasteiger partial charge is 0.491 e. The van der Waals surface area contributed by atoms with Gasteiger partial charge in [-0.3, -0.25) is 0 Å². The Morgan fingerprint density at radius 2 is 1.61 bits per heavy atom. The fraction of sp³-hybridized carbons (Fsp3) is 0.345. The van der Waals surface area contributed by atoms with E-state index in [1.165, 1.54) is 48.7 Å². The highest BCUT2D eigenvalue weighted by Crippen LogP contribution is 2.39. The topological polar surface area (TPSA) is 27.1 Å². The zero-order valence-electron chi connectivity index (χ0n) is 19.4.